The van der Waals surface area contributed by atoms with Crippen molar-refractivity contribution >= 4 is 5.97 Å². The number of carbonyl (C=O) groups is 1. The van der Waals surface area contributed by atoms with E-state index < -0.39 is 12.0 Å². The number of aliphatic carboxylic acids is 1. The monoisotopic (exact) mass is 253 g/mol. The molecule has 100 valence electrons. The number of hydrogen-bond donors (Lipinski definition) is 2. The molecule has 4 heteroatoms. The van der Waals surface area contributed by atoms with Gasteiger partial charge in [-0.25, -0.2) is 4.39 Å². The van der Waals surface area contributed by atoms with Crippen LogP contribution in [0.5, 0.6) is 0 Å². The minimum Gasteiger partial charge on any atom is -0.480 e. The summed E-state index contributed by atoms with van der Waals surface area (Å²) in [5.74, 6) is -0.834. The van der Waals surface area contributed by atoms with E-state index in [-0.39, 0.29) is 11.9 Å². The van der Waals surface area contributed by atoms with Crippen LogP contribution < -0.4 is 5.32 Å². The van der Waals surface area contributed by atoms with E-state index in [0.29, 0.717) is 12.3 Å². The van der Waals surface area contributed by atoms with Crippen molar-refractivity contribution in [1.29, 1.82) is 0 Å². The molecule has 0 amide bonds. The zero-order chi connectivity index (χ0) is 13.7. The molecule has 0 saturated carbocycles. The number of halogens is 1. The standard InChI is InChI=1S/C14H20FNO2/c1-9(2)8-13(14(17)18)16-10(3)11-4-6-12(15)7-5-11/h4-7,9-10,13,16H,8H2,1-3H3,(H,17,18). The summed E-state index contributed by atoms with van der Waals surface area (Å²) in [5.41, 5.74) is 0.881. The number of hydrogen-bond acceptors (Lipinski definition) is 2. The molecule has 1 aromatic rings. The number of carboxylic acids is 1. The summed E-state index contributed by atoms with van der Waals surface area (Å²) >= 11 is 0. The molecule has 0 saturated heterocycles. The Balaban J connectivity index is 2.68. The van der Waals surface area contributed by atoms with Crippen LogP contribution in [0.4, 0.5) is 4.39 Å². The van der Waals surface area contributed by atoms with Crippen molar-refractivity contribution in [3.05, 3.63) is 35.6 Å². The Kier molecular flexibility index (Phi) is 5.28. The smallest absolute Gasteiger partial charge is 0.320 e. The van der Waals surface area contributed by atoms with Gasteiger partial charge in [-0.2, -0.15) is 0 Å². The van der Waals surface area contributed by atoms with Crippen molar-refractivity contribution in [2.75, 3.05) is 0 Å². The Labute approximate surface area is 107 Å². The molecule has 0 aliphatic heterocycles. The van der Waals surface area contributed by atoms with Crippen LogP contribution in [-0.2, 0) is 4.79 Å². The maximum absolute atomic E-state index is 12.8. The van der Waals surface area contributed by atoms with E-state index in [1.165, 1.54) is 12.1 Å². The van der Waals surface area contributed by atoms with Gasteiger partial charge >= 0.3 is 5.97 Å². The summed E-state index contributed by atoms with van der Waals surface area (Å²) in [6.45, 7) is 5.85. The first-order valence-corrected chi connectivity index (χ1v) is 6.14. The third-order valence-electron chi connectivity index (χ3n) is 2.83. The Morgan fingerprint density at radius 2 is 1.83 bits per heavy atom. The van der Waals surface area contributed by atoms with Gasteiger partial charge in [0.05, 0.1) is 0 Å². The molecule has 0 spiro atoms. The molecule has 3 nitrogen and oxygen atoms in total. The topological polar surface area (TPSA) is 49.3 Å². The molecule has 0 aliphatic rings. The SMILES string of the molecule is CC(C)CC(NC(C)c1ccc(F)cc1)C(=O)O. The number of benzene rings is 1. The van der Waals surface area contributed by atoms with Crippen molar-refractivity contribution in [3.8, 4) is 0 Å². The van der Waals surface area contributed by atoms with E-state index in [1.54, 1.807) is 12.1 Å². The third-order valence-corrected chi connectivity index (χ3v) is 2.83. The fraction of sp³-hybridized carbons (Fsp3) is 0.500. The van der Waals surface area contributed by atoms with E-state index in [2.05, 4.69) is 5.32 Å². The normalized spacial score (nSPS) is 14.5. The van der Waals surface area contributed by atoms with Crippen LogP contribution >= 0.6 is 0 Å². The highest BCUT2D eigenvalue weighted by Gasteiger charge is 2.21. The van der Waals surface area contributed by atoms with E-state index >= 15 is 0 Å². The van der Waals surface area contributed by atoms with Crippen LogP contribution in [0.1, 0.15) is 38.8 Å². The highest BCUT2D eigenvalue weighted by molar-refractivity contribution is 5.73. The first-order valence-electron chi connectivity index (χ1n) is 6.14. The average Bonchev–Trinajstić information content (AvgIpc) is 2.28. The molecule has 2 N–H and O–H groups in total. The molecule has 2 atom stereocenters. The molecule has 0 aromatic heterocycles. The highest BCUT2D eigenvalue weighted by Crippen LogP contribution is 2.15. The Bertz CT molecular complexity index is 389. The largest absolute Gasteiger partial charge is 0.480 e. The lowest BCUT2D eigenvalue weighted by atomic mass is 10.0. The first-order chi connectivity index (χ1) is 8.40. The molecule has 2 unspecified atom stereocenters. The van der Waals surface area contributed by atoms with E-state index in [0.717, 1.165) is 5.56 Å². The van der Waals surface area contributed by atoms with Crippen molar-refractivity contribution in [2.45, 2.75) is 39.3 Å². The van der Waals surface area contributed by atoms with Crippen LogP contribution in [0.25, 0.3) is 0 Å². The molecule has 0 fully saturated rings. The lowest BCUT2D eigenvalue weighted by molar-refractivity contribution is -0.140. The number of carboxylic acid groups (broad SMARTS) is 1. The predicted octanol–water partition coefficient (Wildman–Crippen LogP) is 2.98. The second-order valence-corrected chi connectivity index (χ2v) is 4.96. The molecule has 0 radical (unpaired) electrons. The molecule has 0 heterocycles. The Morgan fingerprint density at radius 1 is 1.28 bits per heavy atom. The van der Waals surface area contributed by atoms with Gasteiger partial charge in [-0.1, -0.05) is 26.0 Å². The van der Waals surface area contributed by atoms with Crippen molar-refractivity contribution in [1.82, 2.24) is 5.32 Å². The quantitative estimate of drug-likeness (QED) is 0.819. The molecular weight excluding hydrogens is 233 g/mol. The zero-order valence-electron chi connectivity index (χ0n) is 11.0. The lowest BCUT2D eigenvalue weighted by Crippen LogP contribution is -2.39. The lowest BCUT2D eigenvalue weighted by Gasteiger charge is -2.21. The predicted molar refractivity (Wildman–Crippen MR) is 68.8 cm³/mol. The summed E-state index contributed by atoms with van der Waals surface area (Å²) in [7, 11) is 0. The first kappa shape index (κ1) is 14.6. The molecule has 0 aliphatic carbocycles. The fourth-order valence-electron chi connectivity index (χ4n) is 1.86. The maximum atomic E-state index is 12.8. The van der Waals surface area contributed by atoms with Crippen LogP contribution in [-0.4, -0.2) is 17.1 Å². The number of rotatable bonds is 6. The van der Waals surface area contributed by atoms with Crippen molar-refractivity contribution < 1.29 is 14.3 Å². The summed E-state index contributed by atoms with van der Waals surface area (Å²) in [4.78, 5) is 11.1. The maximum Gasteiger partial charge on any atom is 0.320 e. The summed E-state index contributed by atoms with van der Waals surface area (Å²) in [6.07, 6.45) is 0.570. The highest BCUT2D eigenvalue weighted by atomic mass is 19.1. The molecule has 1 rings (SSSR count). The van der Waals surface area contributed by atoms with Crippen molar-refractivity contribution in [3.63, 3.8) is 0 Å². The van der Waals surface area contributed by atoms with E-state index in [1.807, 2.05) is 20.8 Å². The molecule has 18 heavy (non-hydrogen) atoms. The van der Waals surface area contributed by atoms with Crippen LogP contribution in [0.3, 0.4) is 0 Å². The zero-order valence-corrected chi connectivity index (χ0v) is 11.0. The van der Waals surface area contributed by atoms with Gasteiger partial charge in [-0.3, -0.25) is 10.1 Å². The third kappa shape index (κ3) is 4.45. The second kappa shape index (κ2) is 6.50. The summed E-state index contributed by atoms with van der Waals surface area (Å²) in [6, 6.07) is 5.40. The summed E-state index contributed by atoms with van der Waals surface area (Å²) < 4.78 is 12.8. The minimum atomic E-state index is -0.849. The molecular formula is C14H20FNO2. The van der Waals surface area contributed by atoms with Crippen LogP contribution in [0.2, 0.25) is 0 Å². The van der Waals surface area contributed by atoms with E-state index in [9.17, 15) is 9.18 Å². The van der Waals surface area contributed by atoms with E-state index in [4.69, 9.17) is 5.11 Å². The Morgan fingerprint density at radius 3 is 2.28 bits per heavy atom. The number of nitrogens with one attached hydrogen (secondary N) is 1. The minimum absolute atomic E-state index is 0.120. The summed E-state index contributed by atoms with van der Waals surface area (Å²) in [5, 5.41) is 12.2. The molecule has 0 bridgehead atoms. The van der Waals surface area contributed by atoms with Gasteiger partial charge in [0.2, 0.25) is 0 Å². The van der Waals surface area contributed by atoms with Gasteiger partial charge in [0.1, 0.15) is 11.9 Å². The fourth-order valence-corrected chi connectivity index (χ4v) is 1.86. The van der Waals surface area contributed by atoms with Gasteiger partial charge in [-0.05, 0) is 37.0 Å². The average molecular weight is 253 g/mol. The van der Waals surface area contributed by atoms with Gasteiger partial charge < -0.3 is 5.11 Å². The van der Waals surface area contributed by atoms with Gasteiger partial charge in [-0.15, -0.1) is 0 Å². The van der Waals surface area contributed by atoms with Gasteiger partial charge in [0.15, 0.2) is 0 Å². The molecule has 1 aromatic carbocycles. The van der Waals surface area contributed by atoms with Crippen LogP contribution in [0.15, 0.2) is 24.3 Å². The second-order valence-electron chi connectivity index (χ2n) is 4.96. The van der Waals surface area contributed by atoms with Crippen LogP contribution in [0, 0.1) is 11.7 Å². The van der Waals surface area contributed by atoms with Gasteiger partial charge in [0, 0.05) is 6.04 Å². The van der Waals surface area contributed by atoms with Crippen molar-refractivity contribution in [2.24, 2.45) is 5.92 Å². The Hall–Kier alpha value is -1.42. The van der Waals surface area contributed by atoms with Gasteiger partial charge in [0.25, 0.3) is 0 Å².